The van der Waals surface area contributed by atoms with E-state index in [1.807, 2.05) is 31.5 Å². The summed E-state index contributed by atoms with van der Waals surface area (Å²) in [5, 5.41) is 2.90. The van der Waals surface area contributed by atoms with E-state index in [0.717, 1.165) is 0 Å². The van der Waals surface area contributed by atoms with E-state index in [-0.39, 0.29) is 5.54 Å². The smallest absolute Gasteiger partial charge is 0.0530 e. The Labute approximate surface area is 49.1 Å². The standard InChI is InChI=1S/C6H10N2/c1-6(7)2-4-8-5-3-6/h2-5,8H,7H2,1H3. The minimum atomic E-state index is -0.245. The van der Waals surface area contributed by atoms with E-state index < -0.39 is 0 Å². The van der Waals surface area contributed by atoms with Gasteiger partial charge in [0.2, 0.25) is 0 Å². The van der Waals surface area contributed by atoms with Gasteiger partial charge in [-0.1, -0.05) is 0 Å². The molecule has 0 atom stereocenters. The van der Waals surface area contributed by atoms with Crippen LogP contribution in [0, 0.1) is 0 Å². The fourth-order valence-corrected chi connectivity index (χ4v) is 0.566. The molecule has 0 aromatic rings. The van der Waals surface area contributed by atoms with Crippen molar-refractivity contribution in [2.75, 3.05) is 0 Å². The zero-order valence-corrected chi connectivity index (χ0v) is 4.89. The van der Waals surface area contributed by atoms with Crippen LogP contribution in [-0.2, 0) is 0 Å². The zero-order valence-electron chi connectivity index (χ0n) is 4.89. The molecule has 1 rings (SSSR count). The molecule has 0 saturated heterocycles. The van der Waals surface area contributed by atoms with Crippen molar-refractivity contribution in [1.82, 2.24) is 5.32 Å². The molecule has 1 aliphatic rings. The Hall–Kier alpha value is -0.760. The summed E-state index contributed by atoms with van der Waals surface area (Å²) in [6.07, 6.45) is 7.49. The fourth-order valence-electron chi connectivity index (χ4n) is 0.566. The number of nitrogens with two attached hydrogens (primary N) is 1. The molecule has 0 amide bonds. The van der Waals surface area contributed by atoms with Crippen LogP contribution in [0.3, 0.4) is 0 Å². The molecular weight excluding hydrogens is 100 g/mol. The molecule has 1 heterocycles. The van der Waals surface area contributed by atoms with Gasteiger partial charge < -0.3 is 11.1 Å². The van der Waals surface area contributed by atoms with Crippen LogP contribution in [0.25, 0.3) is 0 Å². The van der Waals surface area contributed by atoms with E-state index in [9.17, 15) is 0 Å². The third-order valence-electron chi connectivity index (χ3n) is 1.08. The van der Waals surface area contributed by atoms with Crippen molar-refractivity contribution in [3.8, 4) is 0 Å². The lowest BCUT2D eigenvalue weighted by molar-refractivity contribution is 0.713. The number of hydrogen-bond donors (Lipinski definition) is 2. The summed E-state index contributed by atoms with van der Waals surface area (Å²) in [5.74, 6) is 0. The van der Waals surface area contributed by atoms with Crippen LogP contribution in [0.15, 0.2) is 24.6 Å². The maximum atomic E-state index is 5.66. The minimum Gasteiger partial charge on any atom is -0.368 e. The summed E-state index contributed by atoms with van der Waals surface area (Å²) in [6, 6.07) is 0. The minimum absolute atomic E-state index is 0.245. The van der Waals surface area contributed by atoms with E-state index >= 15 is 0 Å². The highest BCUT2D eigenvalue weighted by Gasteiger charge is 2.09. The summed E-state index contributed by atoms with van der Waals surface area (Å²) in [4.78, 5) is 0. The van der Waals surface area contributed by atoms with Gasteiger partial charge in [0, 0.05) is 0 Å². The van der Waals surface area contributed by atoms with E-state index in [0.29, 0.717) is 0 Å². The Bertz CT molecular complexity index is 119. The molecule has 0 aromatic carbocycles. The van der Waals surface area contributed by atoms with Crippen LogP contribution in [0.2, 0.25) is 0 Å². The maximum absolute atomic E-state index is 5.66. The van der Waals surface area contributed by atoms with Gasteiger partial charge >= 0.3 is 0 Å². The lowest BCUT2D eigenvalue weighted by Crippen LogP contribution is -2.33. The van der Waals surface area contributed by atoms with Crippen molar-refractivity contribution < 1.29 is 0 Å². The van der Waals surface area contributed by atoms with Crippen molar-refractivity contribution in [1.29, 1.82) is 0 Å². The molecule has 0 spiro atoms. The van der Waals surface area contributed by atoms with Gasteiger partial charge in [0.05, 0.1) is 5.54 Å². The Morgan fingerprint density at radius 2 is 1.88 bits per heavy atom. The molecule has 8 heavy (non-hydrogen) atoms. The Morgan fingerprint density at radius 3 is 2.12 bits per heavy atom. The lowest BCUT2D eigenvalue weighted by Gasteiger charge is -2.17. The summed E-state index contributed by atoms with van der Waals surface area (Å²) in [6.45, 7) is 1.95. The molecule has 0 saturated carbocycles. The SMILES string of the molecule is CC1(N)C=CNC=C1. The average Bonchev–Trinajstić information content (AvgIpc) is 1.65. The molecule has 44 valence electrons. The highest BCUT2D eigenvalue weighted by molar-refractivity contribution is 5.18. The number of dihydropyridines is 1. The predicted octanol–water partition coefficient (Wildman–Crippen LogP) is 0.334. The van der Waals surface area contributed by atoms with Gasteiger partial charge in [0.1, 0.15) is 0 Å². The van der Waals surface area contributed by atoms with E-state index in [4.69, 9.17) is 5.73 Å². The van der Waals surface area contributed by atoms with Crippen LogP contribution in [0.1, 0.15) is 6.92 Å². The summed E-state index contributed by atoms with van der Waals surface area (Å²) < 4.78 is 0. The molecule has 0 aliphatic carbocycles. The largest absolute Gasteiger partial charge is 0.368 e. The topological polar surface area (TPSA) is 38.0 Å². The molecule has 1 aliphatic heterocycles. The number of rotatable bonds is 0. The summed E-state index contributed by atoms with van der Waals surface area (Å²) >= 11 is 0. The Kier molecular flexibility index (Phi) is 1.10. The molecule has 2 nitrogen and oxygen atoms in total. The average molecular weight is 110 g/mol. The van der Waals surface area contributed by atoms with Crippen molar-refractivity contribution in [3.05, 3.63) is 24.6 Å². The van der Waals surface area contributed by atoms with Crippen molar-refractivity contribution in [2.45, 2.75) is 12.5 Å². The molecule has 2 heteroatoms. The van der Waals surface area contributed by atoms with Gasteiger partial charge in [0.25, 0.3) is 0 Å². The first-order valence-electron chi connectivity index (χ1n) is 2.61. The monoisotopic (exact) mass is 110 g/mol. The summed E-state index contributed by atoms with van der Waals surface area (Å²) in [5.41, 5.74) is 5.42. The number of hydrogen-bond acceptors (Lipinski definition) is 2. The normalized spacial score (nSPS) is 22.8. The van der Waals surface area contributed by atoms with E-state index in [1.165, 1.54) is 0 Å². The van der Waals surface area contributed by atoms with Crippen molar-refractivity contribution in [2.24, 2.45) is 5.73 Å². The van der Waals surface area contributed by atoms with Crippen molar-refractivity contribution >= 4 is 0 Å². The second-order valence-corrected chi connectivity index (χ2v) is 2.20. The molecule has 3 N–H and O–H groups in total. The molecule has 0 fully saturated rings. The summed E-state index contributed by atoms with van der Waals surface area (Å²) in [7, 11) is 0. The van der Waals surface area contributed by atoms with Crippen LogP contribution < -0.4 is 11.1 Å². The van der Waals surface area contributed by atoms with Gasteiger partial charge in [0.15, 0.2) is 0 Å². The fraction of sp³-hybridized carbons (Fsp3) is 0.333. The zero-order chi connectivity index (χ0) is 6.04. The first-order valence-corrected chi connectivity index (χ1v) is 2.61. The highest BCUT2D eigenvalue weighted by atomic mass is 14.8. The molecule has 0 bridgehead atoms. The van der Waals surface area contributed by atoms with Gasteiger partial charge in [-0.25, -0.2) is 0 Å². The van der Waals surface area contributed by atoms with Gasteiger partial charge in [-0.2, -0.15) is 0 Å². The first kappa shape index (κ1) is 5.38. The third-order valence-corrected chi connectivity index (χ3v) is 1.08. The van der Waals surface area contributed by atoms with Gasteiger partial charge in [-0.3, -0.25) is 0 Å². The van der Waals surface area contributed by atoms with Crippen molar-refractivity contribution in [3.63, 3.8) is 0 Å². The maximum Gasteiger partial charge on any atom is 0.0530 e. The van der Waals surface area contributed by atoms with Crippen LogP contribution in [-0.4, -0.2) is 5.54 Å². The lowest BCUT2D eigenvalue weighted by atomic mass is 10.0. The van der Waals surface area contributed by atoms with Gasteiger partial charge in [-0.15, -0.1) is 0 Å². The molecule has 0 aromatic heterocycles. The van der Waals surface area contributed by atoms with E-state index in [1.54, 1.807) is 0 Å². The second kappa shape index (κ2) is 1.63. The third kappa shape index (κ3) is 1.10. The Balaban J connectivity index is 2.69. The first-order chi connectivity index (χ1) is 3.71. The number of nitrogens with one attached hydrogen (secondary N) is 1. The molecule has 0 unspecified atom stereocenters. The molecule has 0 radical (unpaired) electrons. The van der Waals surface area contributed by atoms with Crippen LogP contribution in [0.4, 0.5) is 0 Å². The Morgan fingerprint density at radius 1 is 1.38 bits per heavy atom. The van der Waals surface area contributed by atoms with Crippen LogP contribution >= 0.6 is 0 Å². The van der Waals surface area contributed by atoms with Gasteiger partial charge in [-0.05, 0) is 31.5 Å². The quantitative estimate of drug-likeness (QED) is 0.471. The van der Waals surface area contributed by atoms with E-state index in [2.05, 4.69) is 5.32 Å². The second-order valence-electron chi connectivity index (χ2n) is 2.20. The predicted molar refractivity (Wildman–Crippen MR) is 34.0 cm³/mol. The molecular formula is C6H10N2. The van der Waals surface area contributed by atoms with Crippen LogP contribution in [0.5, 0.6) is 0 Å². The highest BCUT2D eigenvalue weighted by Crippen LogP contribution is 2.04.